The van der Waals surface area contributed by atoms with Gasteiger partial charge in [-0.15, -0.1) is 0 Å². The first-order chi connectivity index (χ1) is 14.4. The predicted octanol–water partition coefficient (Wildman–Crippen LogP) is 4.87. The number of esters is 1. The summed E-state index contributed by atoms with van der Waals surface area (Å²) in [6.45, 7) is 5.12. The number of carbonyl (C=O) groups is 2. The number of anilines is 1. The molecule has 30 heavy (non-hydrogen) atoms. The Kier molecular flexibility index (Phi) is 6.16. The maximum absolute atomic E-state index is 12.0. The molecule has 158 valence electrons. The molecule has 1 fully saturated rings. The van der Waals surface area contributed by atoms with Crippen LogP contribution in [0.5, 0.6) is 5.75 Å². The van der Waals surface area contributed by atoms with Gasteiger partial charge in [0.1, 0.15) is 5.75 Å². The Labute approximate surface area is 181 Å². The molecule has 2 aliphatic rings. The smallest absolute Gasteiger partial charge is 0.308 e. The Morgan fingerprint density at radius 2 is 1.93 bits per heavy atom. The highest BCUT2D eigenvalue weighted by atomic mass is 32.2. The number of hydrogen-bond donors (Lipinski definition) is 0. The third kappa shape index (κ3) is 4.25. The van der Waals surface area contributed by atoms with E-state index < -0.39 is 0 Å². The highest BCUT2D eigenvalue weighted by molar-refractivity contribution is 7.99. The molecule has 5 nitrogen and oxygen atoms in total. The van der Waals surface area contributed by atoms with Crippen molar-refractivity contribution >= 4 is 29.3 Å². The van der Waals surface area contributed by atoms with Crippen molar-refractivity contribution in [2.24, 2.45) is 0 Å². The van der Waals surface area contributed by atoms with Crippen molar-refractivity contribution in [3.05, 3.63) is 47.0 Å². The highest BCUT2D eigenvalue weighted by Crippen LogP contribution is 2.43. The first-order valence-corrected chi connectivity index (χ1v) is 11.2. The molecule has 0 aliphatic carbocycles. The molecule has 1 amide bonds. The summed E-state index contributed by atoms with van der Waals surface area (Å²) in [4.78, 5) is 27.5. The summed E-state index contributed by atoms with van der Waals surface area (Å²) in [5, 5.41) is 0. The molecular weight excluding hydrogens is 398 g/mol. The normalized spacial score (nSPS) is 17.0. The van der Waals surface area contributed by atoms with Gasteiger partial charge in [0.05, 0.1) is 4.90 Å². The zero-order valence-corrected chi connectivity index (χ0v) is 18.5. The van der Waals surface area contributed by atoms with Crippen LogP contribution in [0, 0.1) is 6.92 Å². The summed E-state index contributed by atoms with van der Waals surface area (Å²) in [5.74, 6) is 0.902. The van der Waals surface area contributed by atoms with Gasteiger partial charge < -0.3 is 14.4 Å². The number of carbonyl (C=O) groups excluding carboxylic acids is 2. The SMILES string of the molecule is CC(=O)Oc1ccc(C2CCOCC2)c(C)c1Sc1ccc2c(c1)CCC(=O)N2C. The number of ether oxygens (including phenoxy) is 2. The van der Waals surface area contributed by atoms with Crippen molar-refractivity contribution in [1.29, 1.82) is 0 Å². The summed E-state index contributed by atoms with van der Waals surface area (Å²) in [6.07, 6.45) is 3.31. The van der Waals surface area contributed by atoms with Gasteiger partial charge in [-0.25, -0.2) is 0 Å². The topological polar surface area (TPSA) is 55.8 Å². The Morgan fingerprint density at radius 3 is 2.67 bits per heavy atom. The van der Waals surface area contributed by atoms with Crippen LogP contribution < -0.4 is 9.64 Å². The van der Waals surface area contributed by atoms with Gasteiger partial charge in [-0.2, -0.15) is 0 Å². The van der Waals surface area contributed by atoms with E-state index in [1.807, 2.05) is 25.2 Å². The average Bonchev–Trinajstić information content (AvgIpc) is 2.74. The first-order valence-electron chi connectivity index (χ1n) is 10.4. The quantitative estimate of drug-likeness (QED) is 0.516. The molecule has 0 radical (unpaired) electrons. The van der Waals surface area contributed by atoms with Gasteiger partial charge in [-0.3, -0.25) is 9.59 Å². The minimum absolute atomic E-state index is 0.153. The largest absolute Gasteiger partial charge is 0.426 e. The van der Waals surface area contributed by atoms with E-state index in [4.69, 9.17) is 9.47 Å². The summed E-state index contributed by atoms with van der Waals surface area (Å²) >= 11 is 1.62. The van der Waals surface area contributed by atoms with Gasteiger partial charge >= 0.3 is 5.97 Å². The van der Waals surface area contributed by atoms with Crippen LogP contribution >= 0.6 is 11.8 Å². The summed E-state index contributed by atoms with van der Waals surface area (Å²) in [7, 11) is 1.83. The van der Waals surface area contributed by atoms with Crippen molar-refractivity contribution in [1.82, 2.24) is 0 Å². The number of benzene rings is 2. The van der Waals surface area contributed by atoms with E-state index in [2.05, 4.69) is 19.1 Å². The van der Waals surface area contributed by atoms with E-state index in [9.17, 15) is 9.59 Å². The maximum Gasteiger partial charge on any atom is 0.308 e. The standard InChI is InChI=1S/C24H27NO4S/c1-15-20(17-10-12-28-13-11-17)6-8-22(29-16(2)26)24(15)30-19-5-7-21-18(14-19)4-9-23(27)25(21)3/h5-8,14,17H,4,9-13H2,1-3H3. The Bertz CT molecular complexity index is 981. The lowest BCUT2D eigenvalue weighted by Gasteiger charge is -2.27. The number of rotatable bonds is 4. The van der Waals surface area contributed by atoms with Crippen LogP contribution in [0.4, 0.5) is 5.69 Å². The number of amides is 1. The van der Waals surface area contributed by atoms with Crippen molar-refractivity contribution in [2.75, 3.05) is 25.2 Å². The molecule has 2 aromatic rings. The van der Waals surface area contributed by atoms with Crippen LogP contribution in [-0.4, -0.2) is 32.1 Å². The fourth-order valence-corrected chi connectivity index (χ4v) is 5.36. The third-order valence-electron chi connectivity index (χ3n) is 5.94. The van der Waals surface area contributed by atoms with E-state index in [0.717, 1.165) is 53.5 Å². The minimum Gasteiger partial charge on any atom is -0.426 e. The number of fused-ring (bicyclic) bond motifs is 1. The predicted molar refractivity (Wildman–Crippen MR) is 118 cm³/mol. The fraction of sp³-hybridized carbons (Fsp3) is 0.417. The Balaban J connectivity index is 1.69. The van der Waals surface area contributed by atoms with Crippen LogP contribution in [0.3, 0.4) is 0 Å². The molecular formula is C24H27NO4S. The average molecular weight is 426 g/mol. The van der Waals surface area contributed by atoms with Gasteiger partial charge in [0.25, 0.3) is 0 Å². The lowest BCUT2D eigenvalue weighted by Crippen LogP contribution is -2.30. The fourth-order valence-electron chi connectivity index (χ4n) is 4.31. The second-order valence-electron chi connectivity index (χ2n) is 7.93. The number of hydrogen-bond acceptors (Lipinski definition) is 5. The van der Waals surface area contributed by atoms with Crippen LogP contribution in [0.25, 0.3) is 0 Å². The van der Waals surface area contributed by atoms with E-state index in [1.165, 1.54) is 18.1 Å². The zero-order chi connectivity index (χ0) is 21.3. The van der Waals surface area contributed by atoms with Gasteiger partial charge in [0.15, 0.2) is 0 Å². The third-order valence-corrected chi connectivity index (χ3v) is 7.14. The molecule has 2 aliphatic heterocycles. The molecule has 0 aromatic heterocycles. The second kappa shape index (κ2) is 8.82. The molecule has 0 unspecified atom stereocenters. The molecule has 0 N–H and O–H groups in total. The molecule has 0 spiro atoms. The van der Waals surface area contributed by atoms with Gasteiger partial charge in [-0.05, 0) is 73.1 Å². The molecule has 2 aromatic carbocycles. The summed E-state index contributed by atoms with van der Waals surface area (Å²) in [5.41, 5.74) is 4.62. The molecule has 1 saturated heterocycles. The molecule has 6 heteroatoms. The van der Waals surface area contributed by atoms with E-state index in [1.54, 1.807) is 16.7 Å². The lowest BCUT2D eigenvalue weighted by molar-refractivity contribution is -0.132. The minimum atomic E-state index is -0.319. The van der Waals surface area contributed by atoms with E-state index in [0.29, 0.717) is 18.1 Å². The first kappa shape index (κ1) is 20.9. The number of nitrogens with zero attached hydrogens (tertiary/aromatic N) is 1. The van der Waals surface area contributed by atoms with Crippen LogP contribution in [0.2, 0.25) is 0 Å². The Hall–Kier alpha value is -2.31. The zero-order valence-electron chi connectivity index (χ0n) is 17.7. The molecule has 0 bridgehead atoms. The van der Waals surface area contributed by atoms with Crippen LogP contribution in [0.1, 0.15) is 48.8 Å². The van der Waals surface area contributed by atoms with Gasteiger partial charge in [-0.1, -0.05) is 17.8 Å². The summed E-state index contributed by atoms with van der Waals surface area (Å²) < 4.78 is 11.1. The van der Waals surface area contributed by atoms with Crippen LogP contribution in [-0.2, 0) is 20.7 Å². The van der Waals surface area contributed by atoms with Gasteiger partial charge in [0, 0.05) is 44.2 Å². The Morgan fingerprint density at radius 1 is 1.17 bits per heavy atom. The van der Waals surface area contributed by atoms with Crippen molar-refractivity contribution in [2.45, 2.75) is 55.2 Å². The summed E-state index contributed by atoms with van der Waals surface area (Å²) in [6, 6.07) is 10.2. The highest BCUT2D eigenvalue weighted by Gasteiger charge is 2.24. The van der Waals surface area contributed by atoms with Crippen molar-refractivity contribution in [3.63, 3.8) is 0 Å². The maximum atomic E-state index is 12.0. The lowest BCUT2D eigenvalue weighted by atomic mass is 9.88. The molecule has 4 rings (SSSR count). The van der Waals surface area contributed by atoms with Crippen molar-refractivity contribution < 1.29 is 19.1 Å². The van der Waals surface area contributed by atoms with Gasteiger partial charge in [0.2, 0.25) is 5.91 Å². The van der Waals surface area contributed by atoms with E-state index in [-0.39, 0.29) is 11.9 Å². The molecule has 0 saturated carbocycles. The van der Waals surface area contributed by atoms with Crippen molar-refractivity contribution in [3.8, 4) is 5.75 Å². The van der Waals surface area contributed by atoms with Crippen LogP contribution in [0.15, 0.2) is 40.1 Å². The monoisotopic (exact) mass is 425 g/mol. The molecule has 0 atom stereocenters. The van der Waals surface area contributed by atoms with E-state index >= 15 is 0 Å². The second-order valence-corrected chi connectivity index (χ2v) is 9.02. The molecule has 2 heterocycles. The number of aryl methyl sites for hydroxylation is 1.